The summed E-state index contributed by atoms with van der Waals surface area (Å²) >= 11 is 8.82. The van der Waals surface area contributed by atoms with Crippen LogP contribution in [0.15, 0.2) is 0 Å². The van der Waals surface area contributed by atoms with Crippen molar-refractivity contribution in [2.45, 2.75) is 274 Å². The number of thioether (sulfide) groups is 6. The summed E-state index contributed by atoms with van der Waals surface area (Å²) in [7, 11) is 0. The van der Waals surface area contributed by atoms with Crippen molar-refractivity contribution < 1.29 is 59.4 Å². The average molecular weight is 1630 g/mol. The van der Waals surface area contributed by atoms with Crippen LogP contribution in [-0.4, -0.2) is 177 Å². The van der Waals surface area contributed by atoms with Crippen LogP contribution >= 0.6 is 70.6 Å². The van der Waals surface area contributed by atoms with Gasteiger partial charge < -0.3 is 59.4 Å². The largest absolute Gasteiger partial charge is 3.00 e. The number of carbonyl (C=O) groups is 6. The molecule has 0 aliphatic heterocycles. The van der Waals surface area contributed by atoms with Gasteiger partial charge in [-0.2, -0.15) is 70.6 Å². The molecule has 0 rings (SSSR count). The van der Waals surface area contributed by atoms with Crippen molar-refractivity contribution in [3.63, 3.8) is 0 Å². The summed E-state index contributed by atoms with van der Waals surface area (Å²) < 4.78 is 0. The van der Waals surface area contributed by atoms with E-state index < -0.39 is 35.8 Å². The Morgan fingerprint density at radius 3 is 0.536 bits per heavy atom. The maximum atomic E-state index is 10.4. The number of unbranched alkanes of at least 4 members (excludes halogenated alkanes) is 12. The number of carbonyl (C=O) groups excluding carboxylic acids is 6. The van der Waals surface area contributed by atoms with Crippen LogP contribution in [0.4, 0.5) is 0 Å². The molecular formula is C63H120O12S6Sb3+3. The molecular weight excluding hydrogens is 1510 g/mol. The van der Waals surface area contributed by atoms with E-state index in [-0.39, 0.29) is 106 Å². The molecule has 0 aliphatic carbocycles. The minimum atomic E-state index is -0.952. The molecule has 12 nitrogen and oxygen atoms in total. The van der Waals surface area contributed by atoms with Gasteiger partial charge in [-0.05, 0) is 129 Å². The molecule has 0 saturated heterocycles. The van der Waals surface area contributed by atoms with E-state index in [1.165, 1.54) is 186 Å². The third-order valence-electron chi connectivity index (χ3n) is 11.7. The van der Waals surface area contributed by atoms with Crippen LogP contribution in [0, 0.1) is 35.5 Å². The van der Waals surface area contributed by atoms with Gasteiger partial charge in [0.25, 0.3) is 0 Å². The quantitative estimate of drug-likeness (QED) is 0.0406. The van der Waals surface area contributed by atoms with E-state index in [4.69, 9.17) is 0 Å². The fourth-order valence-electron chi connectivity index (χ4n) is 6.75. The molecule has 0 fully saturated rings. The summed E-state index contributed by atoms with van der Waals surface area (Å²) in [6, 6.07) is 0. The van der Waals surface area contributed by atoms with Gasteiger partial charge in [0.05, 0.1) is 35.8 Å². The molecule has 21 heteroatoms. The van der Waals surface area contributed by atoms with Gasteiger partial charge in [-0.1, -0.05) is 199 Å². The van der Waals surface area contributed by atoms with Crippen LogP contribution in [0.1, 0.15) is 258 Å². The Bertz CT molecular complexity index is 1260. The van der Waals surface area contributed by atoms with Gasteiger partial charge in [0, 0.05) is 33.0 Å². The number of hydrogen-bond acceptors (Lipinski definition) is 18. The first-order chi connectivity index (χ1) is 38.0. The topological polar surface area (TPSA) is 241 Å². The second kappa shape index (κ2) is 80.5. The zero-order valence-corrected chi connectivity index (χ0v) is 67.8. The summed E-state index contributed by atoms with van der Waals surface area (Å²) in [4.78, 5) is 61.3. The first-order valence-corrected chi connectivity index (χ1v) is 37.4. The smallest absolute Gasteiger partial charge is 0.549 e. The van der Waals surface area contributed by atoms with Crippen molar-refractivity contribution >= 4 is 180 Å². The Morgan fingerprint density at radius 1 is 0.250 bits per heavy atom. The Morgan fingerprint density at radius 2 is 0.405 bits per heavy atom. The van der Waals surface area contributed by atoms with Gasteiger partial charge in [0.1, 0.15) is 0 Å². The van der Waals surface area contributed by atoms with Gasteiger partial charge >= 0.3 is 73.3 Å². The standard InChI is InChI=1S/3C11H22O2S.3C10H20O2S.3Sb/c3*1-9(2)7-5-4-6-8-14-10(3)11(12)13;3*1-9(2)6-4-3-5-7-13-8-10(11)12;;;/h3*9-10H,4-8H2,1-3H3,(H,12,13);3*9H,3-8H2,1-2H3,(H,11,12);;;/q;;;;;;3*+3/p-6. The minimum absolute atomic E-state index is 0. The Labute approximate surface area is 594 Å². The van der Waals surface area contributed by atoms with E-state index in [9.17, 15) is 59.4 Å². The maximum absolute atomic E-state index is 10.4. The van der Waals surface area contributed by atoms with Crippen LogP contribution in [0.2, 0.25) is 0 Å². The van der Waals surface area contributed by atoms with E-state index >= 15 is 0 Å². The fourth-order valence-corrected chi connectivity index (χ4v) is 11.5. The average Bonchev–Trinajstić information content (AvgIpc) is 3.36. The molecule has 0 amide bonds. The molecule has 0 bridgehead atoms. The molecule has 6 radical (unpaired) electrons. The molecule has 0 aromatic rings. The molecule has 492 valence electrons. The molecule has 0 saturated carbocycles. The summed E-state index contributed by atoms with van der Waals surface area (Å²) in [5.41, 5.74) is 0. The molecule has 0 aromatic heterocycles. The predicted octanol–water partition coefficient (Wildman–Crippen LogP) is 10.1. The van der Waals surface area contributed by atoms with E-state index in [0.29, 0.717) is 0 Å². The summed E-state index contributed by atoms with van der Waals surface area (Å²) in [5.74, 6) is 5.11. The first-order valence-electron chi connectivity index (χ1n) is 30.8. The molecule has 0 aromatic carbocycles. The van der Waals surface area contributed by atoms with E-state index in [1.807, 2.05) is 0 Å². The Balaban J connectivity index is -0.000000114. The first kappa shape index (κ1) is 104. The van der Waals surface area contributed by atoms with Crippen molar-refractivity contribution in [1.29, 1.82) is 0 Å². The number of aliphatic carboxylic acids is 6. The normalized spacial score (nSPS) is 11.5. The SMILES string of the molecule is CC(C)CCCCCSC(C)C(=O)[O-].CC(C)CCCCCSC(C)C(=O)[O-].CC(C)CCCCCSC(C)C(=O)[O-].CC(C)CCCCCSCC(=O)[O-].CC(C)CCCCCSCC(=O)[O-].CC(C)CCCCCSCC(=O)[O-].[Sb+3].[Sb+3].[Sb+3]. The van der Waals surface area contributed by atoms with Crippen LogP contribution in [-0.2, 0) is 28.8 Å². The predicted molar refractivity (Wildman–Crippen MR) is 365 cm³/mol. The minimum Gasteiger partial charge on any atom is -0.549 e. The van der Waals surface area contributed by atoms with Gasteiger partial charge in [-0.15, -0.1) is 0 Å². The van der Waals surface area contributed by atoms with Crippen LogP contribution in [0.5, 0.6) is 0 Å². The zero-order valence-electron chi connectivity index (χ0n) is 55.2. The van der Waals surface area contributed by atoms with Crippen molar-refractivity contribution in [3.05, 3.63) is 0 Å². The van der Waals surface area contributed by atoms with Crippen molar-refractivity contribution in [3.8, 4) is 0 Å². The molecule has 3 atom stereocenters. The van der Waals surface area contributed by atoms with Crippen molar-refractivity contribution in [1.82, 2.24) is 0 Å². The number of rotatable bonds is 48. The third kappa shape index (κ3) is 114. The van der Waals surface area contributed by atoms with Gasteiger partial charge in [0.15, 0.2) is 0 Å². The second-order valence-electron chi connectivity index (χ2n) is 23.2. The maximum Gasteiger partial charge on any atom is 3.00 e. The van der Waals surface area contributed by atoms with Crippen LogP contribution in [0.25, 0.3) is 0 Å². The fraction of sp³-hybridized carbons (Fsp3) is 0.905. The molecule has 84 heavy (non-hydrogen) atoms. The van der Waals surface area contributed by atoms with E-state index in [1.54, 1.807) is 20.8 Å². The second-order valence-corrected chi connectivity index (χ2v) is 30.9. The summed E-state index contributed by atoms with van der Waals surface area (Å²) in [6.45, 7) is 31.8. The van der Waals surface area contributed by atoms with Gasteiger partial charge in [-0.3, -0.25) is 0 Å². The number of carboxylic acids is 6. The Hall–Kier alpha value is 1.37. The van der Waals surface area contributed by atoms with Gasteiger partial charge in [0.2, 0.25) is 0 Å². The van der Waals surface area contributed by atoms with Crippen LogP contribution in [0.3, 0.4) is 0 Å². The number of hydrogen-bond donors (Lipinski definition) is 0. The molecule has 0 spiro atoms. The molecule has 3 unspecified atom stereocenters. The zero-order chi connectivity index (χ0) is 63.2. The molecule has 0 N–H and O–H groups in total. The van der Waals surface area contributed by atoms with Gasteiger partial charge in [-0.25, -0.2) is 0 Å². The van der Waals surface area contributed by atoms with E-state index in [2.05, 4.69) is 83.1 Å². The molecule has 0 aliphatic rings. The van der Waals surface area contributed by atoms with E-state index in [0.717, 1.165) is 109 Å². The summed E-state index contributed by atoms with van der Waals surface area (Å²) in [5, 5.41) is 60.2. The number of carboxylic acid groups (broad SMARTS) is 6. The van der Waals surface area contributed by atoms with Crippen molar-refractivity contribution in [2.24, 2.45) is 35.5 Å². The molecule has 0 heterocycles. The Kier molecular flexibility index (Phi) is 99.8. The van der Waals surface area contributed by atoms with Crippen LogP contribution < -0.4 is 30.6 Å². The monoisotopic (exact) mass is 1620 g/mol. The summed E-state index contributed by atoms with van der Waals surface area (Å²) in [6.07, 6.45) is 29.3. The van der Waals surface area contributed by atoms with Crippen molar-refractivity contribution in [2.75, 3.05) is 51.8 Å². The third-order valence-corrected chi connectivity index (χ3v) is 18.4.